The highest BCUT2D eigenvalue weighted by atomic mass is 16.6. The van der Waals surface area contributed by atoms with Crippen molar-refractivity contribution < 1.29 is 18.7 Å². The quantitative estimate of drug-likeness (QED) is 0.860. The maximum Gasteiger partial charge on any atom is 0.307 e. The van der Waals surface area contributed by atoms with E-state index in [2.05, 4.69) is 5.32 Å². The van der Waals surface area contributed by atoms with Crippen molar-refractivity contribution in [1.82, 2.24) is 5.32 Å². The first kappa shape index (κ1) is 13.2. The molecule has 1 spiro atoms. The van der Waals surface area contributed by atoms with E-state index in [1.54, 1.807) is 12.3 Å². The van der Waals surface area contributed by atoms with Gasteiger partial charge in [0.05, 0.1) is 25.1 Å². The fourth-order valence-corrected chi connectivity index (χ4v) is 3.34. The Kier molecular flexibility index (Phi) is 3.51. The van der Waals surface area contributed by atoms with Gasteiger partial charge in [-0.05, 0) is 37.8 Å². The van der Waals surface area contributed by atoms with Crippen LogP contribution in [0, 0.1) is 5.92 Å². The summed E-state index contributed by atoms with van der Waals surface area (Å²) in [4.78, 5) is 24.0. The minimum atomic E-state index is -0.553. The number of hydrogen-bond acceptors (Lipinski definition) is 4. The third kappa shape index (κ3) is 2.44. The molecule has 1 unspecified atom stereocenters. The van der Waals surface area contributed by atoms with Crippen LogP contribution in [0.5, 0.6) is 0 Å². The standard InChI is InChI=1S/C15H19NO4/c17-13-9-12(15(20-13)6-2-1-3-7-15)14(18)16-10-11-5-4-8-19-11/h4-5,8,12H,1-3,6-7,9-10H2,(H,16,18). The van der Waals surface area contributed by atoms with Gasteiger partial charge in [0.25, 0.3) is 0 Å². The van der Waals surface area contributed by atoms with E-state index in [-0.39, 0.29) is 24.2 Å². The molecule has 1 aliphatic carbocycles. The van der Waals surface area contributed by atoms with Crippen LogP contribution in [0.1, 0.15) is 44.3 Å². The van der Waals surface area contributed by atoms with Crippen molar-refractivity contribution in [3.05, 3.63) is 24.2 Å². The molecule has 1 saturated heterocycles. The van der Waals surface area contributed by atoms with E-state index in [1.807, 2.05) is 6.07 Å². The van der Waals surface area contributed by atoms with Gasteiger partial charge in [0, 0.05) is 0 Å². The molecule has 1 aromatic heterocycles. The van der Waals surface area contributed by atoms with Crippen LogP contribution in [0.4, 0.5) is 0 Å². The van der Waals surface area contributed by atoms with E-state index >= 15 is 0 Å². The zero-order valence-corrected chi connectivity index (χ0v) is 11.4. The second-order valence-corrected chi connectivity index (χ2v) is 5.65. The topological polar surface area (TPSA) is 68.5 Å². The van der Waals surface area contributed by atoms with Crippen LogP contribution in [0.15, 0.2) is 22.8 Å². The first-order valence-corrected chi connectivity index (χ1v) is 7.22. The number of nitrogens with one attached hydrogen (secondary N) is 1. The summed E-state index contributed by atoms with van der Waals surface area (Å²) in [6, 6.07) is 3.60. The number of rotatable bonds is 3. The highest BCUT2D eigenvalue weighted by Gasteiger charge is 2.52. The Labute approximate surface area is 117 Å². The number of ether oxygens (including phenoxy) is 1. The minimum Gasteiger partial charge on any atom is -0.467 e. The lowest BCUT2D eigenvalue weighted by Crippen LogP contribution is -2.45. The third-order valence-electron chi connectivity index (χ3n) is 4.36. The molecular weight excluding hydrogens is 258 g/mol. The number of furan rings is 1. The van der Waals surface area contributed by atoms with Crippen molar-refractivity contribution in [2.24, 2.45) is 5.92 Å². The van der Waals surface area contributed by atoms with Gasteiger partial charge in [0.15, 0.2) is 0 Å². The normalized spacial score (nSPS) is 24.6. The number of esters is 1. The smallest absolute Gasteiger partial charge is 0.307 e. The Bertz CT molecular complexity index is 488. The summed E-state index contributed by atoms with van der Waals surface area (Å²) in [7, 11) is 0. The molecule has 5 heteroatoms. The zero-order chi connectivity index (χ0) is 14.0. The van der Waals surface area contributed by atoms with E-state index in [4.69, 9.17) is 9.15 Å². The molecule has 1 amide bonds. The monoisotopic (exact) mass is 277 g/mol. The average Bonchev–Trinajstić information content (AvgIpc) is 3.05. The highest BCUT2D eigenvalue weighted by molar-refractivity contribution is 5.87. The lowest BCUT2D eigenvalue weighted by Gasteiger charge is -2.35. The fraction of sp³-hybridized carbons (Fsp3) is 0.600. The molecule has 1 aromatic rings. The summed E-state index contributed by atoms with van der Waals surface area (Å²) >= 11 is 0. The molecule has 0 radical (unpaired) electrons. The van der Waals surface area contributed by atoms with Crippen molar-refractivity contribution in [2.45, 2.75) is 50.7 Å². The lowest BCUT2D eigenvalue weighted by atomic mass is 9.75. The molecule has 2 aliphatic rings. The predicted octanol–water partition coefficient (Wildman–Crippen LogP) is 2.16. The Hall–Kier alpha value is -1.78. The van der Waals surface area contributed by atoms with Crippen molar-refractivity contribution >= 4 is 11.9 Å². The minimum absolute atomic E-state index is 0.103. The largest absolute Gasteiger partial charge is 0.467 e. The summed E-state index contributed by atoms with van der Waals surface area (Å²) in [6.45, 7) is 0.354. The maximum absolute atomic E-state index is 12.4. The van der Waals surface area contributed by atoms with Gasteiger partial charge in [-0.3, -0.25) is 9.59 Å². The van der Waals surface area contributed by atoms with Crippen LogP contribution in [-0.4, -0.2) is 17.5 Å². The second kappa shape index (κ2) is 5.31. The molecule has 2 heterocycles. The van der Waals surface area contributed by atoms with Gasteiger partial charge in [-0.2, -0.15) is 0 Å². The number of carbonyl (C=O) groups is 2. The van der Waals surface area contributed by atoms with Gasteiger partial charge >= 0.3 is 5.97 Å². The molecule has 1 aliphatic heterocycles. The van der Waals surface area contributed by atoms with E-state index < -0.39 is 5.60 Å². The zero-order valence-electron chi connectivity index (χ0n) is 11.4. The number of amides is 1. The van der Waals surface area contributed by atoms with E-state index in [9.17, 15) is 9.59 Å². The lowest BCUT2D eigenvalue weighted by molar-refractivity contribution is -0.153. The summed E-state index contributed by atoms with van der Waals surface area (Å²) in [5, 5.41) is 2.85. The highest BCUT2D eigenvalue weighted by Crippen LogP contribution is 2.44. The summed E-state index contributed by atoms with van der Waals surface area (Å²) in [6.07, 6.45) is 6.58. The first-order chi connectivity index (χ1) is 9.70. The van der Waals surface area contributed by atoms with Gasteiger partial charge in [-0.1, -0.05) is 6.42 Å². The van der Waals surface area contributed by atoms with Crippen molar-refractivity contribution in [2.75, 3.05) is 0 Å². The molecule has 0 aromatic carbocycles. The molecule has 0 bridgehead atoms. The van der Waals surface area contributed by atoms with Crippen molar-refractivity contribution in [3.63, 3.8) is 0 Å². The molecule has 5 nitrogen and oxygen atoms in total. The molecule has 20 heavy (non-hydrogen) atoms. The van der Waals surface area contributed by atoms with Crippen LogP contribution in [-0.2, 0) is 20.9 Å². The van der Waals surface area contributed by atoms with Crippen LogP contribution in [0.2, 0.25) is 0 Å². The SMILES string of the molecule is O=C1CC(C(=O)NCc2ccco2)C2(CCCCC2)O1. The van der Waals surface area contributed by atoms with Crippen molar-refractivity contribution in [1.29, 1.82) is 0 Å². The van der Waals surface area contributed by atoms with E-state index in [0.29, 0.717) is 12.3 Å². The van der Waals surface area contributed by atoms with Crippen LogP contribution >= 0.6 is 0 Å². The molecule has 108 valence electrons. The molecule has 2 fully saturated rings. The van der Waals surface area contributed by atoms with E-state index in [0.717, 1.165) is 32.1 Å². The third-order valence-corrected chi connectivity index (χ3v) is 4.36. The van der Waals surface area contributed by atoms with E-state index in [1.165, 1.54) is 0 Å². The van der Waals surface area contributed by atoms with Gasteiger partial charge < -0.3 is 14.5 Å². The van der Waals surface area contributed by atoms with Gasteiger partial charge in [0.1, 0.15) is 11.4 Å². The second-order valence-electron chi connectivity index (χ2n) is 5.65. The maximum atomic E-state index is 12.4. The number of carbonyl (C=O) groups excluding carboxylic acids is 2. The Balaban J connectivity index is 1.67. The van der Waals surface area contributed by atoms with Gasteiger partial charge in [-0.25, -0.2) is 0 Å². The molecule has 1 N–H and O–H groups in total. The Morgan fingerprint density at radius 1 is 1.35 bits per heavy atom. The molecule has 3 rings (SSSR count). The predicted molar refractivity (Wildman–Crippen MR) is 70.6 cm³/mol. The number of hydrogen-bond donors (Lipinski definition) is 1. The Morgan fingerprint density at radius 3 is 2.85 bits per heavy atom. The summed E-state index contributed by atoms with van der Waals surface area (Å²) in [5.41, 5.74) is -0.553. The summed E-state index contributed by atoms with van der Waals surface area (Å²) < 4.78 is 10.7. The van der Waals surface area contributed by atoms with Gasteiger partial charge in [-0.15, -0.1) is 0 Å². The van der Waals surface area contributed by atoms with Gasteiger partial charge in [0.2, 0.25) is 5.91 Å². The van der Waals surface area contributed by atoms with Crippen LogP contribution in [0.3, 0.4) is 0 Å². The Morgan fingerprint density at radius 2 is 2.15 bits per heavy atom. The summed E-state index contributed by atoms with van der Waals surface area (Å²) in [5.74, 6) is 0.00532. The average molecular weight is 277 g/mol. The first-order valence-electron chi connectivity index (χ1n) is 7.22. The van der Waals surface area contributed by atoms with Crippen LogP contribution in [0.25, 0.3) is 0 Å². The molecule has 1 saturated carbocycles. The molecule has 1 atom stereocenters. The fourth-order valence-electron chi connectivity index (χ4n) is 3.34. The van der Waals surface area contributed by atoms with Crippen LogP contribution < -0.4 is 5.32 Å². The molecular formula is C15H19NO4. The van der Waals surface area contributed by atoms with Crippen molar-refractivity contribution in [3.8, 4) is 0 Å².